The summed E-state index contributed by atoms with van der Waals surface area (Å²) in [7, 11) is 0. The molecule has 1 rings (SSSR count). The molecule has 0 saturated heterocycles. The van der Waals surface area contributed by atoms with Crippen LogP contribution >= 0.6 is 0 Å². The molecule has 0 saturated carbocycles. The molecule has 2 amide bonds. The highest BCUT2D eigenvalue weighted by Gasteiger charge is 2.07. The number of anilines is 2. The Hall–Kier alpha value is -2.05. The SMILES string of the molecule is NC(=O)NCCNc1cc(F)cc(F)c1N. The number of hydrogen-bond donors (Lipinski definition) is 4. The van der Waals surface area contributed by atoms with Crippen molar-refractivity contribution in [2.45, 2.75) is 0 Å². The van der Waals surface area contributed by atoms with Gasteiger partial charge in [-0.15, -0.1) is 0 Å². The number of amides is 2. The standard InChI is InChI=1S/C9H12F2N4O/c10-5-3-6(11)8(12)7(4-5)14-1-2-15-9(13)16/h3-4,14H,1-2,12H2,(H3,13,15,16). The summed E-state index contributed by atoms with van der Waals surface area (Å²) in [6, 6.07) is 1.10. The van der Waals surface area contributed by atoms with E-state index in [4.69, 9.17) is 11.5 Å². The van der Waals surface area contributed by atoms with Gasteiger partial charge in [0.2, 0.25) is 0 Å². The molecule has 16 heavy (non-hydrogen) atoms. The minimum atomic E-state index is -0.828. The van der Waals surface area contributed by atoms with Crippen LogP contribution in [0.4, 0.5) is 25.0 Å². The Labute approximate surface area is 90.8 Å². The molecule has 1 aromatic carbocycles. The fraction of sp³-hybridized carbons (Fsp3) is 0.222. The molecule has 0 aliphatic heterocycles. The van der Waals surface area contributed by atoms with Crippen molar-refractivity contribution in [3.8, 4) is 0 Å². The molecule has 0 unspecified atom stereocenters. The average Bonchev–Trinajstić information content (AvgIpc) is 2.19. The third kappa shape index (κ3) is 3.26. The van der Waals surface area contributed by atoms with Crippen LogP contribution in [0, 0.1) is 11.6 Å². The number of primary amides is 1. The van der Waals surface area contributed by atoms with Crippen molar-refractivity contribution < 1.29 is 13.6 Å². The highest BCUT2D eigenvalue weighted by atomic mass is 19.1. The van der Waals surface area contributed by atoms with Crippen LogP contribution in [0.25, 0.3) is 0 Å². The van der Waals surface area contributed by atoms with Crippen LogP contribution in [0.3, 0.4) is 0 Å². The topological polar surface area (TPSA) is 93.2 Å². The van der Waals surface area contributed by atoms with E-state index in [1.54, 1.807) is 0 Å². The number of benzene rings is 1. The number of urea groups is 1. The number of nitrogens with one attached hydrogen (secondary N) is 2. The minimum absolute atomic E-state index is 0.142. The molecule has 6 N–H and O–H groups in total. The van der Waals surface area contributed by atoms with E-state index >= 15 is 0 Å². The highest BCUT2D eigenvalue weighted by Crippen LogP contribution is 2.22. The lowest BCUT2D eigenvalue weighted by Crippen LogP contribution is -2.33. The fourth-order valence-corrected chi connectivity index (χ4v) is 1.11. The van der Waals surface area contributed by atoms with Crippen molar-refractivity contribution in [3.63, 3.8) is 0 Å². The summed E-state index contributed by atoms with van der Waals surface area (Å²) in [5.74, 6) is -1.55. The van der Waals surface area contributed by atoms with Gasteiger partial charge in [-0.05, 0) is 6.07 Å². The quantitative estimate of drug-likeness (QED) is 0.451. The van der Waals surface area contributed by atoms with Crippen molar-refractivity contribution in [1.82, 2.24) is 5.32 Å². The van der Waals surface area contributed by atoms with Gasteiger partial charge in [-0.2, -0.15) is 0 Å². The number of nitrogens with two attached hydrogens (primary N) is 2. The van der Waals surface area contributed by atoms with E-state index < -0.39 is 17.7 Å². The number of carbonyl (C=O) groups excluding carboxylic acids is 1. The van der Waals surface area contributed by atoms with Gasteiger partial charge in [0.05, 0.1) is 11.4 Å². The van der Waals surface area contributed by atoms with Crippen LogP contribution in [-0.4, -0.2) is 19.1 Å². The number of halogens is 2. The second kappa shape index (κ2) is 5.15. The van der Waals surface area contributed by atoms with Crippen LogP contribution < -0.4 is 22.1 Å². The summed E-state index contributed by atoms with van der Waals surface area (Å²) in [6.07, 6.45) is 0. The predicted octanol–water partition coefficient (Wildman–Crippen LogP) is 0.627. The van der Waals surface area contributed by atoms with Gasteiger partial charge in [0.25, 0.3) is 0 Å². The molecule has 0 atom stereocenters. The van der Waals surface area contributed by atoms with Crippen molar-refractivity contribution in [3.05, 3.63) is 23.8 Å². The van der Waals surface area contributed by atoms with Gasteiger partial charge >= 0.3 is 6.03 Å². The first-order valence-corrected chi connectivity index (χ1v) is 4.52. The maximum Gasteiger partial charge on any atom is 0.312 e. The molecular weight excluding hydrogens is 218 g/mol. The highest BCUT2D eigenvalue weighted by molar-refractivity contribution is 5.71. The largest absolute Gasteiger partial charge is 0.395 e. The fourth-order valence-electron chi connectivity index (χ4n) is 1.11. The third-order valence-electron chi connectivity index (χ3n) is 1.83. The van der Waals surface area contributed by atoms with E-state index in [2.05, 4.69) is 10.6 Å². The number of carbonyl (C=O) groups is 1. The zero-order valence-electron chi connectivity index (χ0n) is 8.39. The maximum atomic E-state index is 13.0. The lowest BCUT2D eigenvalue weighted by atomic mass is 10.2. The average molecular weight is 230 g/mol. The van der Waals surface area contributed by atoms with Crippen LogP contribution in [-0.2, 0) is 0 Å². The summed E-state index contributed by atoms with van der Waals surface area (Å²) >= 11 is 0. The van der Waals surface area contributed by atoms with Gasteiger partial charge in [0, 0.05) is 19.2 Å². The summed E-state index contributed by atoms with van der Waals surface area (Å²) in [5, 5.41) is 4.99. The van der Waals surface area contributed by atoms with Crippen LogP contribution in [0.15, 0.2) is 12.1 Å². The van der Waals surface area contributed by atoms with E-state index in [-0.39, 0.29) is 24.5 Å². The monoisotopic (exact) mass is 230 g/mol. The van der Waals surface area contributed by atoms with Crippen molar-refractivity contribution in [2.75, 3.05) is 24.1 Å². The Morgan fingerprint density at radius 3 is 2.62 bits per heavy atom. The van der Waals surface area contributed by atoms with Gasteiger partial charge < -0.3 is 22.1 Å². The first-order valence-electron chi connectivity index (χ1n) is 4.52. The molecule has 0 radical (unpaired) electrons. The third-order valence-corrected chi connectivity index (χ3v) is 1.83. The predicted molar refractivity (Wildman–Crippen MR) is 56.8 cm³/mol. The minimum Gasteiger partial charge on any atom is -0.395 e. The smallest absolute Gasteiger partial charge is 0.312 e. The van der Waals surface area contributed by atoms with E-state index in [9.17, 15) is 13.6 Å². The first kappa shape index (κ1) is 12.0. The molecule has 0 fully saturated rings. The van der Waals surface area contributed by atoms with Gasteiger partial charge in [-0.1, -0.05) is 0 Å². The molecule has 0 aliphatic carbocycles. The lowest BCUT2D eigenvalue weighted by molar-refractivity contribution is 0.249. The van der Waals surface area contributed by atoms with Crippen molar-refractivity contribution in [1.29, 1.82) is 0 Å². The van der Waals surface area contributed by atoms with E-state index in [0.717, 1.165) is 6.07 Å². The summed E-state index contributed by atoms with van der Waals surface area (Å²) < 4.78 is 25.8. The Kier molecular flexibility index (Phi) is 3.87. The summed E-state index contributed by atoms with van der Waals surface area (Å²) in [5.41, 5.74) is 10.2. The van der Waals surface area contributed by atoms with Crippen LogP contribution in [0.2, 0.25) is 0 Å². The maximum absolute atomic E-state index is 13.0. The van der Waals surface area contributed by atoms with Gasteiger partial charge in [0.1, 0.15) is 5.82 Å². The molecule has 1 aromatic rings. The Bertz CT molecular complexity index is 397. The number of rotatable bonds is 4. The molecule has 0 aliphatic rings. The molecule has 0 bridgehead atoms. The van der Waals surface area contributed by atoms with Gasteiger partial charge in [0.15, 0.2) is 5.82 Å². The zero-order chi connectivity index (χ0) is 12.1. The van der Waals surface area contributed by atoms with E-state index in [1.165, 1.54) is 0 Å². The molecule has 88 valence electrons. The molecule has 5 nitrogen and oxygen atoms in total. The number of nitrogen functional groups attached to an aromatic ring is 1. The molecule has 0 spiro atoms. The Morgan fingerprint density at radius 1 is 1.31 bits per heavy atom. The summed E-state index contributed by atoms with van der Waals surface area (Å²) in [4.78, 5) is 10.3. The second-order valence-electron chi connectivity index (χ2n) is 3.07. The molecule has 0 heterocycles. The van der Waals surface area contributed by atoms with Crippen LogP contribution in [0.1, 0.15) is 0 Å². The first-order chi connectivity index (χ1) is 7.50. The Balaban J connectivity index is 2.57. The second-order valence-corrected chi connectivity index (χ2v) is 3.07. The van der Waals surface area contributed by atoms with Gasteiger partial charge in [-0.3, -0.25) is 0 Å². The Morgan fingerprint density at radius 2 is 2.00 bits per heavy atom. The van der Waals surface area contributed by atoms with Crippen molar-refractivity contribution >= 4 is 17.4 Å². The van der Waals surface area contributed by atoms with E-state index in [0.29, 0.717) is 6.07 Å². The molecule has 0 aromatic heterocycles. The molecule has 7 heteroatoms. The lowest BCUT2D eigenvalue weighted by Gasteiger charge is -2.10. The summed E-state index contributed by atoms with van der Waals surface area (Å²) in [6.45, 7) is 0.489. The molecular formula is C9H12F2N4O. The normalized spacial score (nSPS) is 9.88. The van der Waals surface area contributed by atoms with Crippen molar-refractivity contribution in [2.24, 2.45) is 5.73 Å². The van der Waals surface area contributed by atoms with E-state index in [1.807, 2.05) is 0 Å². The number of hydrogen-bond acceptors (Lipinski definition) is 3. The van der Waals surface area contributed by atoms with Crippen LogP contribution in [0.5, 0.6) is 0 Å². The van der Waals surface area contributed by atoms with Gasteiger partial charge in [-0.25, -0.2) is 13.6 Å². The zero-order valence-corrected chi connectivity index (χ0v) is 8.39.